The van der Waals surface area contributed by atoms with Crippen LogP contribution in [0.3, 0.4) is 0 Å². The SMILES string of the molecule is C=Cc1cccc(C(C)C)c1/N=C(C)/C=C(/C)O. The quantitative estimate of drug-likeness (QED) is 0.585. The number of hydrogen-bond donors (Lipinski definition) is 1. The molecule has 2 heteroatoms. The molecule has 0 saturated carbocycles. The van der Waals surface area contributed by atoms with Gasteiger partial charge >= 0.3 is 0 Å². The highest BCUT2D eigenvalue weighted by molar-refractivity contribution is 5.95. The summed E-state index contributed by atoms with van der Waals surface area (Å²) in [4.78, 5) is 4.60. The minimum absolute atomic E-state index is 0.262. The standard InChI is InChI=1S/C16H21NO/c1-6-14-8-7-9-15(11(2)3)16(14)17-12(4)10-13(5)18/h6-11,18H,1H2,2-5H3/b13-10-,17-12+. The fourth-order valence-electron chi connectivity index (χ4n) is 1.85. The van der Waals surface area contributed by atoms with E-state index in [2.05, 4.69) is 31.5 Å². The lowest BCUT2D eigenvalue weighted by atomic mass is 9.98. The zero-order valence-corrected chi connectivity index (χ0v) is 11.6. The number of aliphatic hydroxyl groups is 1. The van der Waals surface area contributed by atoms with Crippen LogP contribution in [0.5, 0.6) is 0 Å². The van der Waals surface area contributed by atoms with E-state index in [0.717, 1.165) is 17.0 Å². The van der Waals surface area contributed by atoms with Crippen molar-refractivity contribution < 1.29 is 5.11 Å². The molecule has 0 unspecified atom stereocenters. The van der Waals surface area contributed by atoms with Crippen molar-refractivity contribution in [3.8, 4) is 0 Å². The lowest BCUT2D eigenvalue weighted by molar-refractivity contribution is 0.415. The van der Waals surface area contributed by atoms with Gasteiger partial charge in [-0.05, 0) is 37.0 Å². The van der Waals surface area contributed by atoms with Crippen molar-refractivity contribution in [2.75, 3.05) is 0 Å². The summed E-state index contributed by atoms with van der Waals surface area (Å²) in [6, 6.07) is 6.10. The summed E-state index contributed by atoms with van der Waals surface area (Å²) in [5, 5.41) is 9.27. The van der Waals surface area contributed by atoms with Gasteiger partial charge in [-0.1, -0.05) is 44.7 Å². The maximum Gasteiger partial charge on any atom is 0.0909 e. The number of allylic oxidation sites excluding steroid dienone is 2. The van der Waals surface area contributed by atoms with Gasteiger partial charge in [-0.15, -0.1) is 0 Å². The summed E-state index contributed by atoms with van der Waals surface area (Å²) in [5.41, 5.74) is 3.93. The van der Waals surface area contributed by atoms with E-state index < -0.39 is 0 Å². The molecule has 0 bridgehead atoms. The normalized spacial score (nSPS) is 12.9. The fourth-order valence-corrected chi connectivity index (χ4v) is 1.85. The van der Waals surface area contributed by atoms with Crippen LogP contribution >= 0.6 is 0 Å². The Balaban J connectivity index is 3.37. The molecule has 1 aromatic carbocycles. The van der Waals surface area contributed by atoms with Gasteiger partial charge in [-0.3, -0.25) is 4.99 Å². The van der Waals surface area contributed by atoms with Gasteiger partial charge in [0, 0.05) is 5.71 Å². The second kappa shape index (κ2) is 6.20. The van der Waals surface area contributed by atoms with Gasteiger partial charge in [0.05, 0.1) is 11.4 Å². The van der Waals surface area contributed by atoms with Crippen LogP contribution in [0.1, 0.15) is 44.7 Å². The number of hydrogen-bond acceptors (Lipinski definition) is 2. The first-order valence-electron chi connectivity index (χ1n) is 6.13. The smallest absolute Gasteiger partial charge is 0.0909 e. The van der Waals surface area contributed by atoms with E-state index in [1.54, 1.807) is 13.0 Å². The third-order valence-corrected chi connectivity index (χ3v) is 2.65. The number of aliphatic imine (C=N–C) groups is 1. The maximum absolute atomic E-state index is 9.27. The Morgan fingerprint density at radius 1 is 1.33 bits per heavy atom. The molecule has 18 heavy (non-hydrogen) atoms. The van der Waals surface area contributed by atoms with Crippen LogP contribution in [0, 0.1) is 0 Å². The van der Waals surface area contributed by atoms with Crippen molar-refractivity contribution in [2.45, 2.75) is 33.6 Å². The van der Waals surface area contributed by atoms with Gasteiger partial charge in [0.1, 0.15) is 0 Å². The predicted octanol–water partition coefficient (Wildman–Crippen LogP) is 5.01. The number of nitrogens with zero attached hydrogens (tertiary/aromatic N) is 1. The van der Waals surface area contributed by atoms with E-state index in [9.17, 15) is 5.11 Å². The Hall–Kier alpha value is -1.83. The average Bonchev–Trinajstić information content (AvgIpc) is 2.27. The molecule has 0 amide bonds. The lowest BCUT2D eigenvalue weighted by Gasteiger charge is -2.12. The summed E-state index contributed by atoms with van der Waals surface area (Å²) in [6.45, 7) is 11.6. The highest BCUT2D eigenvalue weighted by atomic mass is 16.3. The van der Waals surface area contributed by atoms with Crippen LogP contribution in [0.25, 0.3) is 6.08 Å². The average molecular weight is 243 g/mol. The Bertz CT molecular complexity index is 492. The summed E-state index contributed by atoms with van der Waals surface area (Å²) in [5.74, 6) is 0.661. The van der Waals surface area contributed by atoms with Gasteiger partial charge in [0.2, 0.25) is 0 Å². The molecular formula is C16H21NO. The van der Waals surface area contributed by atoms with Crippen LogP contribution in [-0.4, -0.2) is 10.8 Å². The molecule has 0 spiro atoms. The molecular weight excluding hydrogens is 222 g/mol. The topological polar surface area (TPSA) is 32.6 Å². The summed E-state index contributed by atoms with van der Waals surface area (Å²) in [7, 11) is 0. The zero-order valence-electron chi connectivity index (χ0n) is 11.6. The molecule has 0 heterocycles. The molecule has 1 N–H and O–H groups in total. The molecule has 0 aliphatic carbocycles. The second-order valence-electron chi connectivity index (χ2n) is 4.68. The zero-order chi connectivity index (χ0) is 13.7. The largest absolute Gasteiger partial charge is 0.513 e. The van der Waals surface area contributed by atoms with Crippen LogP contribution < -0.4 is 0 Å². The predicted molar refractivity (Wildman–Crippen MR) is 79.8 cm³/mol. The molecule has 0 fully saturated rings. The number of benzene rings is 1. The van der Waals surface area contributed by atoms with E-state index in [1.807, 2.05) is 25.1 Å². The van der Waals surface area contributed by atoms with Crippen LogP contribution in [0.4, 0.5) is 5.69 Å². The van der Waals surface area contributed by atoms with Crippen LogP contribution in [0.15, 0.2) is 41.6 Å². The molecule has 0 saturated heterocycles. The first kappa shape index (κ1) is 14.2. The first-order chi connectivity index (χ1) is 8.45. The molecule has 0 radical (unpaired) electrons. The molecule has 0 aliphatic rings. The van der Waals surface area contributed by atoms with Crippen molar-refractivity contribution in [3.63, 3.8) is 0 Å². The van der Waals surface area contributed by atoms with Gasteiger partial charge in [0.15, 0.2) is 0 Å². The van der Waals surface area contributed by atoms with Gasteiger partial charge < -0.3 is 5.11 Å². The van der Waals surface area contributed by atoms with Gasteiger partial charge in [-0.25, -0.2) is 0 Å². The van der Waals surface area contributed by atoms with E-state index in [-0.39, 0.29) is 5.76 Å². The minimum atomic E-state index is 0.262. The van der Waals surface area contributed by atoms with E-state index in [4.69, 9.17) is 0 Å². The minimum Gasteiger partial charge on any atom is -0.513 e. The van der Waals surface area contributed by atoms with Gasteiger partial charge in [-0.2, -0.15) is 0 Å². The molecule has 0 aromatic heterocycles. The number of aliphatic hydroxyl groups excluding tert-OH is 1. The van der Waals surface area contributed by atoms with E-state index >= 15 is 0 Å². The molecule has 96 valence electrons. The van der Waals surface area contributed by atoms with Crippen LogP contribution in [0.2, 0.25) is 0 Å². The third kappa shape index (κ3) is 3.59. The van der Waals surface area contributed by atoms with E-state index in [0.29, 0.717) is 5.92 Å². The number of para-hydroxylation sites is 1. The Morgan fingerprint density at radius 2 is 2.00 bits per heavy atom. The first-order valence-corrected chi connectivity index (χ1v) is 6.13. The highest BCUT2D eigenvalue weighted by Crippen LogP contribution is 2.31. The fraction of sp³-hybridized carbons (Fsp3) is 0.312. The molecule has 0 atom stereocenters. The lowest BCUT2D eigenvalue weighted by Crippen LogP contribution is -1.93. The number of rotatable bonds is 4. The second-order valence-corrected chi connectivity index (χ2v) is 4.68. The monoisotopic (exact) mass is 243 g/mol. The van der Waals surface area contributed by atoms with Gasteiger partial charge in [0.25, 0.3) is 0 Å². The van der Waals surface area contributed by atoms with Crippen molar-refractivity contribution in [2.24, 2.45) is 4.99 Å². The molecule has 1 aromatic rings. The maximum atomic E-state index is 9.27. The van der Waals surface area contributed by atoms with Crippen LogP contribution in [-0.2, 0) is 0 Å². The highest BCUT2D eigenvalue weighted by Gasteiger charge is 2.08. The molecule has 1 rings (SSSR count). The van der Waals surface area contributed by atoms with Crippen molar-refractivity contribution >= 4 is 17.5 Å². The third-order valence-electron chi connectivity index (χ3n) is 2.65. The molecule has 2 nitrogen and oxygen atoms in total. The Morgan fingerprint density at radius 3 is 2.50 bits per heavy atom. The van der Waals surface area contributed by atoms with Crippen molar-refractivity contribution in [1.29, 1.82) is 0 Å². The van der Waals surface area contributed by atoms with E-state index in [1.165, 1.54) is 5.56 Å². The summed E-state index contributed by atoms with van der Waals surface area (Å²) in [6.07, 6.45) is 3.47. The molecule has 0 aliphatic heterocycles. The Kier molecular flexibility index (Phi) is 4.90. The summed E-state index contributed by atoms with van der Waals surface area (Å²) >= 11 is 0. The summed E-state index contributed by atoms with van der Waals surface area (Å²) < 4.78 is 0. The van der Waals surface area contributed by atoms with Crippen molar-refractivity contribution in [3.05, 3.63) is 47.7 Å². The van der Waals surface area contributed by atoms with Crippen molar-refractivity contribution in [1.82, 2.24) is 0 Å². The Labute approximate surface area is 109 Å².